The number of halogens is 1. The van der Waals surface area contributed by atoms with Gasteiger partial charge >= 0.3 is 0 Å². The molecule has 1 amide bonds. The first-order chi connectivity index (χ1) is 10.5. The Kier molecular flexibility index (Phi) is 3.78. The van der Waals surface area contributed by atoms with Gasteiger partial charge in [0, 0.05) is 13.6 Å². The number of aryl methyl sites for hydroxylation is 2. The lowest BCUT2D eigenvalue weighted by atomic mass is 10.1. The molecule has 0 spiro atoms. The molecule has 1 fully saturated rings. The number of carbonyl (C=O) groups is 1. The number of nitrogens with zero attached hydrogens (tertiary/aromatic N) is 4. The summed E-state index contributed by atoms with van der Waals surface area (Å²) in [5.41, 5.74) is 7.29. The van der Waals surface area contributed by atoms with E-state index in [1.54, 1.807) is 24.1 Å². The lowest BCUT2D eigenvalue weighted by molar-refractivity contribution is 0.0730. The second-order valence-corrected chi connectivity index (χ2v) is 6.00. The van der Waals surface area contributed by atoms with E-state index in [0.717, 1.165) is 18.4 Å². The van der Waals surface area contributed by atoms with E-state index in [9.17, 15) is 4.79 Å². The number of carbonyl (C=O) groups excluding carboxylic acids is 1. The summed E-state index contributed by atoms with van der Waals surface area (Å²) >= 11 is 6.22. The van der Waals surface area contributed by atoms with E-state index < -0.39 is 0 Å². The summed E-state index contributed by atoms with van der Waals surface area (Å²) in [7, 11) is 1.74. The van der Waals surface area contributed by atoms with Gasteiger partial charge in [-0.15, -0.1) is 0 Å². The van der Waals surface area contributed by atoms with Crippen molar-refractivity contribution in [3.8, 4) is 0 Å². The number of likely N-dealkylation sites (tertiary alicyclic amines) is 1. The number of hydrogen-bond donors (Lipinski definition) is 1. The summed E-state index contributed by atoms with van der Waals surface area (Å²) in [5.74, 6) is 0.857. The van der Waals surface area contributed by atoms with Gasteiger partial charge in [-0.25, -0.2) is 4.68 Å². The molecule has 0 saturated carbocycles. The van der Waals surface area contributed by atoms with E-state index in [0.29, 0.717) is 28.9 Å². The fourth-order valence-electron chi connectivity index (χ4n) is 2.78. The summed E-state index contributed by atoms with van der Waals surface area (Å²) in [5, 5.41) is 4.78. The van der Waals surface area contributed by atoms with Crippen LogP contribution in [-0.2, 0) is 7.05 Å². The minimum Gasteiger partial charge on any atom is -0.368 e. The third kappa shape index (κ3) is 2.54. The number of rotatable bonds is 2. The van der Waals surface area contributed by atoms with Crippen molar-refractivity contribution in [2.45, 2.75) is 25.8 Å². The highest BCUT2D eigenvalue weighted by atomic mass is 35.5. The van der Waals surface area contributed by atoms with E-state index in [-0.39, 0.29) is 11.9 Å². The fourth-order valence-corrected chi connectivity index (χ4v) is 3.10. The summed E-state index contributed by atoms with van der Waals surface area (Å²) < 4.78 is 1.52. The molecule has 1 aromatic heterocycles. The van der Waals surface area contributed by atoms with Gasteiger partial charge < -0.3 is 10.6 Å². The summed E-state index contributed by atoms with van der Waals surface area (Å²) in [6.07, 6.45) is 1.75. The van der Waals surface area contributed by atoms with Crippen LogP contribution >= 0.6 is 11.6 Å². The molecule has 0 bridgehead atoms. The van der Waals surface area contributed by atoms with Gasteiger partial charge in [0.1, 0.15) is 0 Å². The van der Waals surface area contributed by atoms with Crippen LogP contribution in [0.1, 0.15) is 40.6 Å². The molecule has 1 aliphatic rings. The SMILES string of the molecule is Cc1ccc(C(=O)N2CCC[C@H]2c2nc(N)n(C)n2)c(Cl)c1. The summed E-state index contributed by atoms with van der Waals surface area (Å²) in [4.78, 5) is 18.8. The maximum atomic E-state index is 12.8. The Bertz CT molecular complexity index is 707. The largest absolute Gasteiger partial charge is 0.368 e. The van der Waals surface area contributed by atoms with Crippen LogP contribution in [-0.4, -0.2) is 32.1 Å². The number of benzene rings is 1. The van der Waals surface area contributed by atoms with Crippen molar-refractivity contribution in [1.29, 1.82) is 0 Å². The van der Waals surface area contributed by atoms with Crippen LogP contribution < -0.4 is 5.73 Å². The number of nitrogens with two attached hydrogens (primary N) is 1. The lowest BCUT2D eigenvalue weighted by Crippen LogP contribution is -2.31. The first-order valence-electron chi connectivity index (χ1n) is 7.21. The van der Waals surface area contributed by atoms with Crippen LogP contribution in [0.15, 0.2) is 18.2 Å². The molecule has 0 aliphatic carbocycles. The molecule has 1 saturated heterocycles. The molecule has 1 aromatic carbocycles. The summed E-state index contributed by atoms with van der Waals surface area (Å²) in [6, 6.07) is 5.32. The zero-order valence-corrected chi connectivity index (χ0v) is 13.3. The van der Waals surface area contributed by atoms with E-state index in [2.05, 4.69) is 10.1 Å². The highest BCUT2D eigenvalue weighted by molar-refractivity contribution is 6.33. The quantitative estimate of drug-likeness (QED) is 0.921. The maximum absolute atomic E-state index is 12.8. The predicted molar refractivity (Wildman–Crippen MR) is 84.6 cm³/mol. The third-order valence-corrected chi connectivity index (χ3v) is 4.29. The van der Waals surface area contributed by atoms with Crippen molar-refractivity contribution >= 4 is 23.5 Å². The van der Waals surface area contributed by atoms with Crippen LogP contribution in [0.25, 0.3) is 0 Å². The summed E-state index contributed by atoms with van der Waals surface area (Å²) in [6.45, 7) is 2.62. The Hall–Kier alpha value is -2.08. The maximum Gasteiger partial charge on any atom is 0.255 e. The monoisotopic (exact) mass is 319 g/mol. The van der Waals surface area contributed by atoms with Crippen LogP contribution in [0.4, 0.5) is 5.95 Å². The van der Waals surface area contributed by atoms with Gasteiger partial charge in [-0.05, 0) is 37.5 Å². The first kappa shape index (κ1) is 14.8. The van der Waals surface area contributed by atoms with E-state index in [1.165, 1.54) is 4.68 Å². The lowest BCUT2D eigenvalue weighted by Gasteiger charge is -2.23. The molecule has 0 radical (unpaired) electrons. The number of amides is 1. The number of aromatic nitrogens is 3. The van der Waals surface area contributed by atoms with Gasteiger partial charge in [0.25, 0.3) is 5.91 Å². The van der Waals surface area contributed by atoms with Crippen molar-refractivity contribution in [2.75, 3.05) is 12.3 Å². The van der Waals surface area contributed by atoms with Crippen molar-refractivity contribution in [1.82, 2.24) is 19.7 Å². The average Bonchev–Trinajstić information content (AvgIpc) is 3.06. The Morgan fingerprint density at radius 1 is 1.45 bits per heavy atom. The average molecular weight is 320 g/mol. The van der Waals surface area contributed by atoms with E-state index >= 15 is 0 Å². The minimum absolute atomic E-state index is 0.0847. The molecule has 22 heavy (non-hydrogen) atoms. The van der Waals surface area contributed by atoms with Gasteiger partial charge in [0.05, 0.1) is 16.6 Å². The van der Waals surface area contributed by atoms with Crippen LogP contribution in [0.5, 0.6) is 0 Å². The van der Waals surface area contributed by atoms with Crippen LogP contribution in [0.3, 0.4) is 0 Å². The molecule has 0 unspecified atom stereocenters. The molecule has 7 heteroatoms. The topological polar surface area (TPSA) is 77.0 Å². The van der Waals surface area contributed by atoms with Crippen molar-refractivity contribution in [2.24, 2.45) is 7.05 Å². The fraction of sp³-hybridized carbons (Fsp3) is 0.400. The molecule has 2 N–H and O–H groups in total. The Labute approximate surface area is 133 Å². The third-order valence-electron chi connectivity index (χ3n) is 3.98. The van der Waals surface area contributed by atoms with Gasteiger partial charge in [0.15, 0.2) is 5.82 Å². The molecular formula is C15H18ClN5O. The molecule has 6 nitrogen and oxygen atoms in total. The number of nitrogen functional groups attached to an aromatic ring is 1. The highest BCUT2D eigenvalue weighted by Crippen LogP contribution is 2.33. The number of hydrogen-bond acceptors (Lipinski definition) is 4. The first-order valence-corrected chi connectivity index (χ1v) is 7.58. The highest BCUT2D eigenvalue weighted by Gasteiger charge is 2.34. The van der Waals surface area contributed by atoms with Crippen LogP contribution in [0.2, 0.25) is 5.02 Å². The molecule has 3 rings (SSSR count). The van der Waals surface area contributed by atoms with Gasteiger partial charge in [-0.3, -0.25) is 4.79 Å². The van der Waals surface area contributed by atoms with Gasteiger partial charge in [0.2, 0.25) is 5.95 Å². The smallest absolute Gasteiger partial charge is 0.255 e. The molecule has 116 valence electrons. The normalized spacial score (nSPS) is 18.0. The standard InChI is InChI=1S/C15H18ClN5O/c1-9-5-6-10(11(16)8-9)14(22)21-7-3-4-12(21)13-18-15(17)20(2)19-13/h5-6,8,12H,3-4,7H2,1-2H3,(H2,17,18,19)/t12-/m0/s1. The Balaban J connectivity index is 1.91. The van der Waals surface area contributed by atoms with Crippen molar-refractivity contribution in [3.05, 3.63) is 40.2 Å². The predicted octanol–water partition coefficient (Wildman–Crippen LogP) is 2.34. The zero-order chi connectivity index (χ0) is 15.9. The second kappa shape index (κ2) is 5.61. The van der Waals surface area contributed by atoms with Gasteiger partial charge in [-0.2, -0.15) is 10.1 Å². The molecule has 1 atom stereocenters. The Morgan fingerprint density at radius 2 is 2.23 bits per heavy atom. The van der Waals surface area contributed by atoms with Gasteiger partial charge in [-0.1, -0.05) is 17.7 Å². The zero-order valence-electron chi connectivity index (χ0n) is 12.6. The minimum atomic E-state index is -0.145. The van der Waals surface area contributed by atoms with E-state index in [4.69, 9.17) is 17.3 Å². The van der Waals surface area contributed by atoms with Crippen LogP contribution in [0, 0.1) is 6.92 Å². The second-order valence-electron chi connectivity index (χ2n) is 5.59. The molecule has 2 aromatic rings. The Morgan fingerprint density at radius 3 is 2.86 bits per heavy atom. The van der Waals surface area contributed by atoms with Crippen molar-refractivity contribution < 1.29 is 4.79 Å². The van der Waals surface area contributed by atoms with Crippen molar-refractivity contribution in [3.63, 3.8) is 0 Å². The molecule has 1 aliphatic heterocycles. The molecular weight excluding hydrogens is 302 g/mol. The van der Waals surface area contributed by atoms with E-state index in [1.807, 2.05) is 13.0 Å². The number of anilines is 1. The molecule has 2 heterocycles.